The smallest absolute Gasteiger partial charge is 0.335 e. The van der Waals surface area contributed by atoms with Gasteiger partial charge >= 0.3 is 12.0 Å². The number of anilines is 2. The van der Waals surface area contributed by atoms with Crippen LogP contribution >= 0.6 is 12.2 Å². The molecule has 0 aliphatic carbocycles. The van der Waals surface area contributed by atoms with Crippen molar-refractivity contribution >= 4 is 46.5 Å². The molecule has 0 saturated heterocycles. The predicted molar refractivity (Wildman–Crippen MR) is 146 cm³/mol. The molecule has 4 aromatic carbocycles. The molecule has 0 saturated carbocycles. The minimum absolute atomic E-state index is 0.0929. The van der Waals surface area contributed by atoms with Gasteiger partial charge in [-0.3, -0.25) is 13.9 Å². The first-order valence-electron chi connectivity index (χ1n) is 11.3. The summed E-state index contributed by atoms with van der Waals surface area (Å²) in [6.07, 6.45) is 0. The van der Waals surface area contributed by atoms with Crippen molar-refractivity contribution in [2.75, 3.05) is 10.6 Å². The summed E-state index contributed by atoms with van der Waals surface area (Å²) in [7, 11) is 0. The third-order valence-electron chi connectivity index (χ3n) is 5.73. The lowest BCUT2D eigenvalue weighted by molar-refractivity contribution is 0.0697. The Morgan fingerprint density at radius 1 is 0.703 bits per heavy atom. The van der Waals surface area contributed by atoms with E-state index in [4.69, 9.17) is 12.2 Å². The Bertz CT molecular complexity index is 1750. The zero-order chi connectivity index (χ0) is 25.9. The van der Waals surface area contributed by atoms with Crippen LogP contribution in [-0.4, -0.2) is 26.2 Å². The number of carbonyl (C=O) groups excluding carboxylic acids is 1. The molecule has 0 spiro atoms. The highest BCUT2D eigenvalue weighted by Gasteiger charge is 2.15. The van der Waals surface area contributed by atoms with Crippen LogP contribution < -0.4 is 16.2 Å². The standard InChI is InChI=1S/C28H20N4O4S/c33-25-23-17-20(30-27(36)29-19-7-3-1-4-8-19)13-16-24(23)31(21-9-5-2-6-10-21)28(37)32(25)22-14-11-18(12-15-22)26(34)35/h1-17H,(H,34,35)(H2,29,30,36). The van der Waals surface area contributed by atoms with Crippen LogP contribution in [0.5, 0.6) is 0 Å². The molecule has 37 heavy (non-hydrogen) atoms. The minimum atomic E-state index is -1.07. The molecule has 1 heterocycles. The van der Waals surface area contributed by atoms with Crippen LogP contribution in [0.4, 0.5) is 16.2 Å². The van der Waals surface area contributed by atoms with Gasteiger partial charge in [-0.1, -0.05) is 36.4 Å². The van der Waals surface area contributed by atoms with Crippen molar-refractivity contribution in [1.29, 1.82) is 0 Å². The molecular formula is C28H20N4O4S. The Hall–Kier alpha value is -5.02. The van der Waals surface area contributed by atoms with E-state index in [0.29, 0.717) is 28.0 Å². The Labute approximate surface area is 216 Å². The summed E-state index contributed by atoms with van der Waals surface area (Å²) in [5, 5.41) is 15.1. The summed E-state index contributed by atoms with van der Waals surface area (Å²) in [4.78, 5) is 37.6. The molecule has 2 amide bonds. The van der Waals surface area contributed by atoms with Crippen LogP contribution in [0, 0.1) is 4.77 Å². The Balaban J connectivity index is 1.66. The van der Waals surface area contributed by atoms with E-state index in [1.165, 1.54) is 28.8 Å². The van der Waals surface area contributed by atoms with E-state index in [1.807, 2.05) is 48.5 Å². The zero-order valence-corrected chi connectivity index (χ0v) is 20.1. The molecule has 5 aromatic rings. The van der Waals surface area contributed by atoms with Gasteiger partial charge in [0, 0.05) is 17.1 Å². The minimum Gasteiger partial charge on any atom is -0.478 e. The molecule has 9 heteroatoms. The number of nitrogens with one attached hydrogen (secondary N) is 2. The maximum absolute atomic E-state index is 13.7. The number of aromatic nitrogens is 2. The van der Waals surface area contributed by atoms with Crippen molar-refractivity contribution in [2.45, 2.75) is 0 Å². The number of carbonyl (C=O) groups is 2. The molecule has 0 bridgehead atoms. The van der Waals surface area contributed by atoms with Gasteiger partial charge in [-0.05, 0) is 78.9 Å². The van der Waals surface area contributed by atoms with Crippen LogP contribution in [0.2, 0.25) is 0 Å². The number of benzene rings is 4. The zero-order valence-electron chi connectivity index (χ0n) is 19.3. The summed E-state index contributed by atoms with van der Waals surface area (Å²) < 4.78 is 3.34. The highest BCUT2D eigenvalue weighted by atomic mass is 32.1. The van der Waals surface area contributed by atoms with E-state index in [1.54, 1.807) is 34.9 Å². The maximum atomic E-state index is 13.7. The molecule has 8 nitrogen and oxygen atoms in total. The summed E-state index contributed by atoms with van der Waals surface area (Å²) in [6.45, 7) is 0. The highest BCUT2D eigenvalue weighted by molar-refractivity contribution is 7.71. The van der Waals surface area contributed by atoms with Gasteiger partial charge in [-0.15, -0.1) is 0 Å². The highest BCUT2D eigenvalue weighted by Crippen LogP contribution is 2.23. The second kappa shape index (κ2) is 9.92. The number of hydrogen-bond donors (Lipinski definition) is 3. The molecule has 0 atom stereocenters. The van der Waals surface area contributed by atoms with Crippen molar-refractivity contribution < 1.29 is 14.7 Å². The summed E-state index contributed by atoms with van der Waals surface area (Å²) in [5.74, 6) is -1.07. The predicted octanol–water partition coefficient (Wildman–Crippen LogP) is 5.85. The molecule has 0 aliphatic rings. The molecule has 5 rings (SSSR count). The number of nitrogens with zero attached hydrogens (tertiary/aromatic N) is 2. The number of carboxylic acid groups (broad SMARTS) is 1. The molecule has 1 aromatic heterocycles. The van der Waals surface area contributed by atoms with Gasteiger partial charge in [0.25, 0.3) is 5.56 Å². The van der Waals surface area contributed by atoms with Gasteiger partial charge in [0.15, 0.2) is 4.77 Å². The van der Waals surface area contributed by atoms with Crippen LogP contribution in [0.1, 0.15) is 10.4 Å². The van der Waals surface area contributed by atoms with E-state index in [2.05, 4.69) is 10.6 Å². The lowest BCUT2D eigenvalue weighted by Gasteiger charge is -2.17. The first-order valence-corrected chi connectivity index (χ1v) is 11.7. The van der Waals surface area contributed by atoms with Gasteiger partial charge in [-0.2, -0.15) is 0 Å². The Morgan fingerprint density at radius 3 is 1.95 bits per heavy atom. The fourth-order valence-electron chi connectivity index (χ4n) is 4.01. The van der Waals surface area contributed by atoms with E-state index >= 15 is 0 Å². The summed E-state index contributed by atoms with van der Waals surface area (Å²) in [6, 6.07) is 28.8. The average Bonchev–Trinajstić information content (AvgIpc) is 2.90. The molecular weight excluding hydrogens is 488 g/mol. The van der Waals surface area contributed by atoms with Gasteiger partial charge in [0.05, 0.1) is 22.2 Å². The lowest BCUT2D eigenvalue weighted by Crippen LogP contribution is -2.24. The first-order chi connectivity index (χ1) is 17.9. The quantitative estimate of drug-likeness (QED) is 0.258. The molecule has 0 unspecified atom stereocenters. The van der Waals surface area contributed by atoms with E-state index in [-0.39, 0.29) is 10.3 Å². The first kappa shape index (κ1) is 23.7. The number of rotatable bonds is 5. The maximum Gasteiger partial charge on any atom is 0.335 e. The fourth-order valence-corrected chi connectivity index (χ4v) is 4.40. The largest absolute Gasteiger partial charge is 0.478 e. The third kappa shape index (κ3) is 4.75. The molecule has 0 aliphatic heterocycles. The van der Waals surface area contributed by atoms with Crippen molar-refractivity contribution in [3.8, 4) is 11.4 Å². The fraction of sp³-hybridized carbons (Fsp3) is 0. The van der Waals surface area contributed by atoms with Crippen LogP contribution in [0.3, 0.4) is 0 Å². The lowest BCUT2D eigenvalue weighted by atomic mass is 10.1. The number of carboxylic acids is 1. The topological polar surface area (TPSA) is 105 Å². The summed E-state index contributed by atoms with van der Waals surface area (Å²) in [5.41, 5.74) is 2.47. The van der Waals surface area contributed by atoms with Crippen molar-refractivity contribution in [3.63, 3.8) is 0 Å². The van der Waals surface area contributed by atoms with Gasteiger partial charge < -0.3 is 15.7 Å². The molecule has 0 fully saturated rings. The van der Waals surface area contributed by atoms with Crippen molar-refractivity contribution in [1.82, 2.24) is 9.13 Å². The Kier molecular flexibility index (Phi) is 6.36. The number of amides is 2. The average molecular weight is 509 g/mol. The van der Waals surface area contributed by atoms with Gasteiger partial charge in [0.2, 0.25) is 0 Å². The number of fused-ring (bicyclic) bond motifs is 1. The van der Waals surface area contributed by atoms with Crippen molar-refractivity contribution in [3.05, 3.63) is 124 Å². The van der Waals surface area contributed by atoms with Gasteiger partial charge in [-0.25, -0.2) is 9.59 Å². The Morgan fingerprint density at radius 2 is 1.30 bits per heavy atom. The van der Waals surface area contributed by atoms with Gasteiger partial charge in [0.1, 0.15) is 0 Å². The van der Waals surface area contributed by atoms with E-state index in [0.717, 1.165) is 5.69 Å². The molecule has 0 radical (unpaired) electrons. The van der Waals surface area contributed by atoms with Crippen molar-refractivity contribution in [2.24, 2.45) is 0 Å². The number of aromatic carboxylic acids is 1. The van der Waals surface area contributed by atoms with Crippen LogP contribution in [0.15, 0.2) is 108 Å². The second-order valence-corrected chi connectivity index (χ2v) is 8.49. The third-order valence-corrected chi connectivity index (χ3v) is 6.10. The number of hydrogen-bond acceptors (Lipinski definition) is 4. The molecule has 182 valence electrons. The molecule has 3 N–H and O–H groups in total. The second-order valence-electron chi connectivity index (χ2n) is 8.12. The monoisotopic (exact) mass is 508 g/mol. The SMILES string of the molecule is O=C(Nc1ccccc1)Nc1ccc2c(c1)c(=O)n(-c1ccc(C(=O)O)cc1)c(=S)n2-c1ccccc1. The number of para-hydroxylation sites is 2. The number of urea groups is 1. The van der Waals surface area contributed by atoms with E-state index in [9.17, 15) is 19.5 Å². The van der Waals surface area contributed by atoms with E-state index < -0.39 is 17.6 Å². The summed E-state index contributed by atoms with van der Waals surface area (Å²) >= 11 is 5.76. The normalized spacial score (nSPS) is 10.7. The van der Waals surface area contributed by atoms with Crippen LogP contribution in [-0.2, 0) is 0 Å². The van der Waals surface area contributed by atoms with Crippen LogP contribution in [0.25, 0.3) is 22.3 Å².